The van der Waals surface area contributed by atoms with Crippen molar-refractivity contribution in [2.24, 2.45) is 5.92 Å². The predicted molar refractivity (Wildman–Crippen MR) is 154 cm³/mol. The summed E-state index contributed by atoms with van der Waals surface area (Å²) in [4.78, 5) is 54.9. The van der Waals surface area contributed by atoms with Crippen LogP contribution in [0, 0.1) is 5.92 Å². The van der Waals surface area contributed by atoms with Gasteiger partial charge < -0.3 is 25.6 Å². The van der Waals surface area contributed by atoms with Crippen molar-refractivity contribution in [1.82, 2.24) is 20.9 Å². The summed E-state index contributed by atoms with van der Waals surface area (Å²) in [5.41, 5.74) is 1.22. The average Bonchev–Trinajstić information content (AvgIpc) is 2.95. The third-order valence-corrected chi connectivity index (χ3v) is 6.73. The number of benzene rings is 2. The Morgan fingerprint density at radius 3 is 2.50 bits per heavy atom. The minimum atomic E-state index is -0.931. The molecule has 0 aromatic heterocycles. The molecule has 0 aliphatic carbocycles. The van der Waals surface area contributed by atoms with Crippen LogP contribution in [0.4, 0.5) is 0 Å². The van der Waals surface area contributed by atoms with Crippen LogP contribution in [-0.2, 0) is 20.8 Å². The molecule has 1 heterocycles. The van der Waals surface area contributed by atoms with Crippen molar-refractivity contribution >= 4 is 23.6 Å². The molecule has 40 heavy (non-hydrogen) atoms. The minimum absolute atomic E-state index is 0.0360. The molecule has 0 bridgehead atoms. The number of ether oxygens (including phenoxy) is 1. The summed E-state index contributed by atoms with van der Waals surface area (Å²) in [5.74, 6) is -0.768. The Morgan fingerprint density at radius 1 is 1.05 bits per heavy atom. The van der Waals surface area contributed by atoms with Crippen LogP contribution in [0.3, 0.4) is 0 Å². The average molecular weight is 551 g/mol. The quantitative estimate of drug-likeness (QED) is 0.467. The molecular weight excluding hydrogens is 508 g/mol. The number of nitrogens with one attached hydrogen (secondary N) is 3. The molecule has 0 unspecified atom stereocenters. The van der Waals surface area contributed by atoms with Gasteiger partial charge in [-0.1, -0.05) is 69.7 Å². The van der Waals surface area contributed by atoms with Crippen molar-refractivity contribution in [2.45, 2.75) is 65.0 Å². The fourth-order valence-corrected chi connectivity index (χ4v) is 4.47. The molecule has 2 atom stereocenters. The van der Waals surface area contributed by atoms with Gasteiger partial charge in [-0.05, 0) is 36.5 Å². The van der Waals surface area contributed by atoms with Crippen molar-refractivity contribution in [3.8, 4) is 5.75 Å². The first-order chi connectivity index (χ1) is 19.3. The summed E-state index contributed by atoms with van der Waals surface area (Å²) in [7, 11) is 0. The topological polar surface area (TPSA) is 117 Å². The second-order valence-corrected chi connectivity index (χ2v) is 10.5. The van der Waals surface area contributed by atoms with Crippen molar-refractivity contribution in [2.75, 3.05) is 26.2 Å². The van der Waals surface area contributed by atoms with E-state index in [0.29, 0.717) is 31.8 Å². The summed E-state index contributed by atoms with van der Waals surface area (Å²) in [6, 6.07) is 14.7. The first-order valence-electron chi connectivity index (χ1n) is 14.2. The van der Waals surface area contributed by atoms with Gasteiger partial charge in [0.2, 0.25) is 17.7 Å². The minimum Gasteiger partial charge on any atom is -0.491 e. The van der Waals surface area contributed by atoms with E-state index >= 15 is 0 Å². The van der Waals surface area contributed by atoms with Gasteiger partial charge in [0.05, 0.1) is 12.1 Å². The molecule has 0 saturated heterocycles. The highest BCUT2D eigenvalue weighted by Gasteiger charge is 2.29. The maximum absolute atomic E-state index is 13.8. The normalized spacial score (nSPS) is 19.0. The maximum atomic E-state index is 13.8. The first kappa shape index (κ1) is 30.7. The summed E-state index contributed by atoms with van der Waals surface area (Å²) in [5, 5.41) is 8.56. The number of carbonyl (C=O) groups excluding carboxylic acids is 4. The van der Waals surface area contributed by atoms with Crippen LogP contribution in [-0.4, -0.2) is 66.9 Å². The van der Waals surface area contributed by atoms with Crippen molar-refractivity contribution in [3.63, 3.8) is 0 Å². The number of rotatable bonds is 8. The lowest BCUT2D eigenvalue weighted by Crippen LogP contribution is -2.51. The van der Waals surface area contributed by atoms with Crippen LogP contribution in [0.1, 0.15) is 62.4 Å². The Hall–Kier alpha value is -3.88. The lowest BCUT2D eigenvalue weighted by atomic mass is 10.0. The van der Waals surface area contributed by atoms with Crippen LogP contribution in [0.5, 0.6) is 5.75 Å². The molecule has 0 fully saturated rings. The second kappa shape index (κ2) is 15.6. The van der Waals surface area contributed by atoms with Gasteiger partial charge in [-0.3, -0.25) is 19.2 Å². The van der Waals surface area contributed by atoms with E-state index in [2.05, 4.69) is 22.9 Å². The van der Waals surface area contributed by atoms with E-state index in [1.807, 2.05) is 44.2 Å². The van der Waals surface area contributed by atoms with Gasteiger partial charge in [-0.2, -0.15) is 0 Å². The largest absolute Gasteiger partial charge is 0.491 e. The summed E-state index contributed by atoms with van der Waals surface area (Å²) >= 11 is 0. The molecule has 0 radical (unpaired) electrons. The molecule has 0 saturated carbocycles. The molecule has 9 nitrogen and oxygen atoms in total. The van der Waals surface area contributed by atoms with E-state index < -0.39 is 18.0 Å². The lowest BCUT2D eigenvalue weighted by molar-refractivity contribution is -0.137. The molecule has 4 amide bonds. The van der Waals surface area contributed by atoms with Crippen molar-refractivity contribution in [1.29, 1.82) is 0 Å². The van der Waals surface area contributed by atoms with Crippen LogP contribution >= 0.6 is 0 Å². The Balaban J connectivity index is 1.91. The van der Waals surface area contributed by atoms with E-state index in [-0.39, 0.29) is 48.7 Å². The number of carbonyl (C=O) groups is 4. The molecule has 1 aliphatic heterocycles. The molecule has 9 heteroatoms. The monoisotopic (exact) mass is 550 g/mol. The molecule has 3 N–H and O–H groups in total. The molecular formula is C31H42N4O5. The molecule has 2 aromatic rings. The zero-order valence-corrected chi connectivity index (χ0v) is 23.8. The lowest BCUT2D eigenvalue weighted by Gasteiger charge is -2.28. The van der Waals surface area contributed by atoms with Gasteiger partial charge in [0, 0.05) is 25.9 Å². The number of nitrogens with zero attached hydrogens (tertiary/aromatic N) is 1. The van der Waals surface area contributed by atoms with Crippen LogP contribution in [0.25, 0.3) is 0 Å². The second-order valence-electron chi connectivity index (χ2n) is 10.5. The van der Waals surface area contributed by atoms with Crippen molar-refractivity contribution in [3.05, 3.63) is 65.7 Å². The van der Waals surface area contributed by atoms with Crippen LogP contribution in [0.15, 0.2) is 54.6 Å². The third-order valence-electron chi connectivity index (χ3n) is 6.73. The van der Waals surface area contributed by atoms with E-state index in [9.17, 15) is 19.2 Å². The zero-order chi connectivity index (χ0) is 28.9. The number of unbranched alkanes of at least 4 members (excludes halogenated alkanes) is 1. The van der Waals surface area contributed by atoms with Gasteiger partial charge >= 0.3 is 0 Å². The van der Waals surface area contributed by atoms with Crippen LogP contribution < -0.4 is 20.7 Å². The van der Waals surface area contributed by atoms with E-state index in [0.717, 1.165) is 18.4 Å². The smallest absolute Gasteiger partial charge is 0.255 e. The number of amides is 4. The highest BCUT2D eigenvalue weighted by molar-refractivity contribution is 5.99. The molecule has 216 valence electrons. The fraction of sp³-hybridized carbons (Fsp3) is 0.484. The van der Waals surface area contributed by atoms with Crippen LogP contribution in [0.2, 0.25) is 0 Å². The van der Waals surface area contributed by atoms with Gasteiger partial charge in [-0.25, -0.2) is 0 Å². The van der Waals surface area contributed by atoms with E-state index in [1.54, 1.807) is 29.2 Å². The van der Waals surface area contributed by atoms with Crippen molar-refractivity contribution < 1.29 is 23.9 Å². The Morgan fingerprint density at radius 2 is 1.77 bits per heavy atom. The number of hydrogen-bond acceptors (Lipinski definition) is 5. The summed E-state index contributed by atoms with van der Waals surface area (Å²) < 4.78 is 6.00. The van der Waals surface area contributed by atoms with Gasteiger partial charge in [-0.15, -0.1) is 0 Å². The standard InChI is InChI=1S/C31H42N4O5/c1-4-5-17-35-18-19-40-27-14-10-9-13-24(27)29(37)34-25(30(38)32-21-22(2)3)15-16-28(36)33-26(31(35)39)20-23-11-7-6-8-12-23/h6-14,22,25-26H,4-5,15-21H2,1-3H3,(H,32,38)(H,33,36)(H,34,37)/t25-,26-/m0/s1. The Kier molecular flexibility index (Phi) is 12.0. The van der Waals surface area contributed by atoms with E-state index in [4.69, 9.17) is 4.74 Å². The fourth-order valence-electron chi connectivity index (χ4n) is 4.47. The Bertz CT molecular complexity index is 1140. The maximum Gasteiger partial charge on any atom is 0.255 e. The van der Waals surface area contributed by atoms with Gasteiger partial charge in [0.15, 0.2) is 0 Å². The SMILES string of the molecule is CCCCN1CCOc2ccccc2C(=O)N[C@H](C(=O)NCC(C)C)CCC(=O)N[C@@H](Cc2ccccc2)C1=O. The number of fused-ring (bicyclic) bond motifs is 1. The predicted octanol–water partition coefficient (Wildman–Crippen LogP) is 3.09. The third kappa shape index (κ3) is 9.39. The number of para-hydroxylation sites is 1. The van der Waals surface area contributed by atoms with Gasteiger partial charge in [0.1, 0.15) is 24.4 Å². The Labute approximate surface area is 237 Å². The highest BCUT2D eigenvalue weighted by Crippen LogP contribution is 2.19. The molecule has 0 spiro atoms. The summed E-state index contributed by atoms with van der Waals surface area (Å²) in [6.45, 7) is 7.45. The van der Waals surface area contributed by atoms with Gasteiger partial charge in [0.25, 0.3) is 5.91 Å². The highest BCUT2D eigenvalue weighted by atomic mass is 16.5. The first-order valence-corrected chi connectivity index (χ1v) is 14.2. The molecule has 2 aromatic carbocycles. The summed E-state index contributed by atoms with van der Waals surface area (Å²) in [6.07, 6.45) is 2.10. The number of hydrogen-bond donors (Lipinski definition) is 3. The molecule has 1 aliphatic rings. The zero-order valence-electron chi connectivity index (χ0n) is 23.8. The van der Waals surface area contributed by atoms with E-state index in [1.165, 1.54) is 0 Å². The molecule has 3 rings (SSSR count).